The summed E-state index contributed by atoms with van der Waals surface area (Å²) >= 11 is 3.21. The molecular formula is C21H26O2S2. The first kappa shape index (κ1) is 19.9. The van der Waals surface area contributed by atoms with Crippen LogP contribution >= 0.6 is 22.7 Å². The first-order chi connectivity index (χ1) is 12.1. The Morgan fingerprint density at radius 3 is 2.56 bits per heavy atom. The SMILES string of the molecule is CC#Cc1ccc(-c2ccc(C(=O)CCCC(O)CCCCC)s2)s1. The van der Waals surface area contributed by atoms with Crippen LogP contribution in [0, 0.1) is 11.8 Å². The minimum absolute atomic E-state index is 0.183. The van der Waals surface area contributed by atoms with Gasteiger partial charge in [-0.05, 0) is 50.5 Å². The normalized spacial score (nSPS) is 11.8. The molecule has 2 aromatic rings. The second kappa shape index (κ2) is 10.6. The molecule has 1 unspecified atom stereocenters. The van der Waals surface area contributed by atoms with Crippen LogP contribution in [0.25, 0.3) is 9.75 Å². The van der Waals surface area contributed by atoms with Crippen LogP contribution in [0.4, 0.5) is 0 Å². The lowest BCUT2D eigenvalue weighted by atomic mass is 10.0. The number of hydrogen-bond donors (Lipinski definition) is 1. The van der Waals surface area contributed by atoms with Crippen molar-refractivity contribution in [1.29, 1.82) is 0 Å². The van der Waals surface area contributed by atoms with E-state index >= 15 is 0 Å². The fourth-order valence-electron chi connectivity index (χ4n) is 2.68. The van der Waals surface area contributed by atoms with E-state index in [4.69, 9.17) is 0 Å². The Morgan fingerprint density at radius 2 is 1.80 bits per heavy atom. The molecule has 0 radical (unpaired) electrons. The molecule has 0 aliphatic carbocycles. The van der Waals surface area contributed by atoms with Crippen molar-refractivity contribution < 1.29 is 9.90 Å². The molecule has 25 heavy (non-hydrogen) atoms. The summed E-state index contributed by atoms with van der Waals surface area (Å²) in [6.45, 7) is 4.00. The van der Waals surface area contributed by atoms with Crippen LogP contribution in [-0.4, -0.2) is 17.0 Å². The molecule has 2 nitrogen and oxygen atoms in total. The van der Waals surface area contributed by atoms with Gasteiger partial charge in [0.05, 0.1) is 15.9 Å². The van der Waals surface area contributed by atoms with E-state index in [0.29, 0.717) is 6.42 Å². The predicted molar refractivity (Wildman–Crippen MR) is 109 cm³/mol. The van der Waals surface area contributed by atoms with Gasteiger partial charge in [-0.3, -0.25) is 4.79 Å². The molecular weight excluding hydrogens is 348 g/mol. The van der Waals surface area contributed by atoms with Gasteiger partial charge in [-0.2, -0.15) is 0 Å². The third-order valence-corrected chi connectivity index (χ3v) is 6.38. The predicted octanol–water partition coefficient (Wildman–Crippen LogP) is 6.14. The number of thiophene rings is 2. The summed E-state index contributed by atoms with van der Waals surface area (Å²) in [7, 11) is 0. The number of aliphatic hydroxyl groups is 1. The largest absolute Gasteiger partial charge is 0.393 e. The van der Waals surface area contributed by atoms with Gasteiger partial charge in [0, 0.05) is 16.2 Å². The van der Waals surface area contributed by atoms with Crippen LogP contribution in [0.3, 0.4) is 0 Å². The van der Waals surface area contributed by atoms with Crippen molar-refractivity contribution in [3.05, 3.63) is 34.0 Å². The third kappa shape index (κ3) is 6.43. The molecule has 0 spiro atoms. The highest BCUT2D eigenvalue weighted by Crippen LogP contribution is 2.34. The molecule has 2 heterocycles. The van der Waals surface area contributed by atoms with E-state index in [-0.39, 0.29) is 11.9 Å². The molecule has 0 aromatic carbocycles. The molecule has 2 aromatic heterocycles. The van der Waals surface area contributed by atoms with E-state index in [1.807, 2.05) is 25.1 Å². The van der Waals surface area contributed by atoms with E-state index in [0.717, 1.165) is 45.2 Å². The zero-order chi connectivity index (χ0) is 18.1. The van der Waals surface area contributed by atoms with Crippen LogP contribution in [0.2, 0.25) is 0 Å². The van der Waals surface area contributed by atoms with Crippen molar-refractivity contribution in [2.24, 2.45) is 0 Å². The Labute approximate surface area is 158 Å². The van der Waals surface area contributed by atoms with Crippen molar-refractivity contribution in [1.82, 2.24) is 0 Å². The number of carbonyl (C=O) groups excluding carboxylic acids is 1. The number of carbonyl (C=O) groups is 1. The summed E-state index contributed by atoms with van der Waals surface area (Å²) in [5.74, 6) is 6.16. The molecule has 0 aliphatic heterocycles. The Hall–Kier alpha value is -1.41. The van der Waals surface area contributed by atoms with Gasteiger partial charge < -0.3 is 5.11 Å². The van der Waals surface area contributed by atoms with Crippen molar-refractivity contribution in [3.8, 4) is 21.6 Å². The zero-order valence-corrected chi connectivity index (χ0v) is 16.6. The smallest absolute Gasteiger partial charge is 0.172 e. The molecule has 0 saturated carbocycles. The second-order valence-electron chi connectivity index (χ2n) is 6.17. The maximum Gasteiger partial charge on any atom is 0.172 e. The quantitative estimate of drug-likeness (QED) is 0.308. The summed E-state index contributed by atoms with van der Waals surface area (Å²) < 4.78 is 0. The fraction of sp³-hybridized carbons (Fsp3) is 0.476. The Morgan fingerprint density at radius 1 is 1.08 bits per heavy atom. The van der Waals surface area contributed by atoms with Gasteiger partial charge >= 0.3 is 0 Å². The van der Waals surface area contributed by atoms with Crippen LogP contribution in [0.15, 0.2) is 24.3 Å². The average Bonchev–Trinajstić information content (AvgIpc) is 3.24. The van der Waals surface area contributed by atoms with Crippen LogP contribution in [-0.2, 0) is 0 Å². The summed E-state index contributed by atoms with van der Waals surface area (Å²) in [5, 5.41) is 9.94. The van der Waals surface area contributed by atoms with Crippen molar-refractivity contribution in [3.63, 3.8) is 0 Å². The topological polar surface area (TPSA) is 37.3 Å². The number of aliphatic hydroxyl groups excluding tert-OH is 1. The van der Waals surface area contributed by atoms with Crippen molar-refractivity contribution in [2.45, 2.75) is 64.9 Å². The minimum Gasteiger partial charge on any atom is -0.393 e. The standard InChI is InChI=1S/C21H26O2S2/c1-3-5-6-9-16(22)10-7-11-18(23)19-14-15-21(25-19)20-13-12-17(24-20)8-4-2/h12-16,22H,3,5-7,9-11H2,1-2H3. The molecule has 2 rings (SSSR count). The Bertz CT molecular complexity index is 730. The van der Waals surface area contributed by atoms with Gasteiger partial charge in [0.1, 0.15) is 0 Å². The zero-order valence-electron chi connectivity index (χ0n) is 15.0. The van der Waals surface area contributed by atoms with Gasteiger partial charge in [0.25, 0.3) is 0 Å². The van der Waals surface area contributed by atoms with E-state index < -0.39 is 0 Å². The van der Waals surface area contributed by atoms with Crippen LogP contribution in [0.5, 0.6) is 0 Å². The first-order valence-electron chi connectivity index (χ1n) is 8.98. The van der Waals surface area contributed by atoms with Gasteiger partial charge in [-0.25, -0.2) is 0 Å². The number of ketones is 1. The summed E-state index contributed by atoms with van der Waals surface area (Å²) in [5.41, 5.74) is 0. The van der Waals surface area contributed by atoms with Gasteiger partial charge in [-0.15, -0.1) is 28.6 Å². The molecule has 134 valence electrons. The molecule has 0 fully saturated rings. The maximum absolute atomic E-state index is 12.3. The third-order valence-electron chi connectivity index (χ3n) is 4.06. The van der Waals surface area contributed by atoms with Crippen LogP contribution < -0.4 is 0 Å². The molecule has 1 atom stereocenters. The van der Waals surface area contributed by atoms with E-state index in [2.05, 4.69) is 24.8 Å². The van der Waals surface area contributed by atoms with Gasteiger partial charge in [-0.1, -0.05) is 32.1 Å². The lowest BCUT2D eigenvalue weighted by molar-refractivity contribution is 0.0970. The first-order valence-corrected chi connectivity index (χ1v) is 10.6. The molecule has 0 amide bonds. The molecule has 0 bridgehead atoms. The molecule has 0 saturated heterocycles. The highest BCUT2D eigenvalue weighted by atomic mass is 32.1. The highest BCUT2D eigenvalue weighted by molar-refractivity contribution is 7.23. The van der Waals surface area contributed by atoms with Crippen molar-refractivity contribution in [2.75, 3.05) is 0 Å². The average molecular weight is 375 g/mol. The summed E-state index contributed by atoms with van der Waals surface area (Å²) in [4.78, 5) is 16.5. The Kier molecular flexibility index (Phi) is 8.40. The number of unbranched alkanes of at least 4 members (excludes halogenated alkanes) is 2. The van der Waals surface area contributed by atoms with Crippen molar-refractivity contribution >= 4 is 28.5 Å². The van der Waals surface area contributed by atoms with Gasteiger partial charge in [0.2, 0.25) is 0 Å². The monoisotopic (exact) mass is 374 g/mol. The van der Waals surface area contributed by atoms with E-state index in [1.54, 1.807) is 22.7 Å². The fourth-order valence-corrected chi connectivity index (χ4v) is 4.65. The molecule has 4 heteroatoms. The number of Topliss-reactive ketones (excluding diaryl/α,β-unsaturated/α-hetero) is 1. The van der Waals surface area contributed by atoms with E-state index in [9.17, 15) is 9.90 Å². The van der Waals surface area contributed by atoms with Crippen LogP contribution in [0.1, 0.15) is 73.3 Å². The van der Waals surface area contributed by atoms with E-state index in [1.165, 1.54) is 12.8 Å². The summed E-state index contributed by atoms with van der Waals surface area (Å²) in [6.07, 6.45) is 6.00. The lowest BCUT2D eigenvalue weighted by Crippen LogP contribution is -2.07. The molecule has 1 N–H and O–H groups in total. The molecule has 0 aliphatic rings. The number of rotatable bonds is 10. The van der Waals surface area contributed by atoms with Gasteiger partial charge in [0.15, 0.2) is 5.78 Å². The minimum atomic E-state index is -0.262. The lowest BCUT2D eigenvalue weighted by Gasteiger charge is -2.09. The summed E-state index contributed by atoms with van der Waals surface area (Å²) in [6, 6.07) is 8.03. The maximum atomic E-state index is 12.3. The second-order valence-corrected chi connectivity index (χ2v) is 8.34. The Balaban J connectivity index is 1.82. The number of hydrogen-bond acceptors (Lipinski definition) is 4. The highest BCUT2D eigenvalue weighted by Gasteiger charge is 2.12.